The van der Waals surface area contributed by atoms with Crippen molar-refractivity contribution >= 4 is 26.1 Å². The van der Waals surface area contributed by atoms with Gasteiger partial charge in [-0.25, -0.2) is 4.21 Å². The summed E-state index contributed by atoms with van der Waals surface area (Å²) in [5, 5.41) is 0. The second-order valence-electron chi connectivity index (χ2n) is 0.356. The molecule has 0 aromatic rings. The molecule has 30 valence electrons. The zero-order chi connectivity index (χ0) is 4.99. The van der Waals surface area contributed by atoms with E-state index in [0.717, 1.165) is 0 Å². The fourth-order valence-electron chi connectivity index (χ4n) is 0.0333. The lowest BCUT2D eigenvalue weighted by Gasteiger charge is -1.55. The van der Waals surface area contributed by atoms with Gasteiger partial charge in [0.05, 0.1) is 1.28 Å². The minimum Gasteiger partial charge on any atom is -0.207 e. The van der Waals surface area contributed by atoms with Crippen LogP contribution >= 0.6 is 15.3 Å². The first-order valence-electron chi connectivity index (χ1n) is 1.44. The third kappa shape index (κ3) is 4.75. The highest BCUT2D eigenvalue weighted by atomic mass is 32.6. The maximum absolute atomic E-state index is 9.54. The van der Waals surface area contributed by atoms with Gasteiger partial charge in [-0.05, 0) is 6.66 Å². The van der Waals surface area contributed by atoms with Crippen LogP contribution in [0.5, 0.6) is 0 Å². The lowest BCUT2D eigenvalue weighted by atomic mass is 12.0. The first-order valence-corrected chi connectivity index (χ1v) is 5.28. The Morgan fingerprint density at radius 2 is 3.00 bits per heavy atom. The molecule has 5 heavy (non-hydrogen) atoms. The first kappa shape index (κ1) is 3.92. The van der Waals surface area contributed by atoms with Gasteiger partial charge in [0.1, 0.15) is 10.8 Å². The van der Waals surface area contributed by atoms with Crippen LogP contribution in [-0.4, -0.2) is 12.2 Å². The summed E-state index contributed by atoms with van der Waals surface area (Å²) >= 11 is 0. The van der Waals surface area contributed by atoms with E-state index in [9.17, 15) is 4.21 Å². The van der Waals surface area contributed by atoms with Crippen molar-refractivity contribution in [1.29, 1.82) is 1.28 Å². The predicted molar refractivity (Wildman–Crippen MR) is 29.3 cm³/mol. The Hall–Kier alpha value is 0.750. The zero-order valence-corrected chi connectivity index (χ0v) is 5.32. The Labute approximate surface area is 39.0 Å². The standard InChI is InChI=1S/CH4OP2S/c1-3-4-5-2/h3H,1H3/i3T. The first-order chi connectivity index (χ1) is 2.77. The quantitative estimate of drug-likeness (QED) is 0.486. The molecule has 0 amide bonds. The molecule has 0 spiro atoms. The molecule has 4 heteroatoms. The maximum atomic E-state index is 9.54. The molecule has 0 fully saturated rings. The van der Waals surface area contributed by atoms with Crippen LogP contribution in [0.4, 0.5) is 0 Å². The Kier molecular flexibility index (Phi) is 3.73. The maximum Gasteiger partial charge on any atom is 0.118 e. The van der Waals surface area contributed by atoms with Crippen LogP contribution in [0.1, 0.15) is 0 Å². The molecule has 0 aromatic carbocycles. The summed E-state index contributed by atoms with van der Waals surface area (Å²) in [7, 11) is 0.417. The molecule has 0 heterocycles. The van der Waals surface area contributed by atoms with Gasteiger partial charge in [-0.2, -0.15) is 0 Å². The highest BCUT2D eigenvalue weighted by molar-refractivity contribution is 8.31. The molecule has 0 bridgehead atoms. The summed E-state index contributed by atoms with van der Waals surface area (Å²) in [4.78, 5) is 0. The summed E-state index contributed by atoms with van der Waals surface area (Å²) < 4.78 is 16.4. The van der Waals surface area contributed by atoms with E-state index in [1.165, 1.54) is 0 Å². The van der Waals surface area contributed by atoms with Crippen LogP contribution in [0.25, 0.3) is 0 Å². The van der Waals surface area contributed by atoms with Crippen LogP contribution in [0, 0.1) is 0 Å². The van der Waals surface area contributed by atoms with Gasteiger partial charge in [-0.15, -0.1) is 0 Å². The largest absolute Gasteiger partial charge is 0.207 e. The van der Waals surface area contributed by atoms with Gasteiger partial charge in [0.15, 0.2) is 0 Å². The van der Waals surface area contributed by atoms with Crippen molar-refractivity contribution in [2.45, 2.75) is 0 Å². The van der Waals surface area contributed by atoms with E-state index in [1.807, 2.05) is 0 Å². The van der Waals surface area contributed by atoms with Crippen LogP contribution in [-0.2, 0) is 10.8 Å². The Morgan fingerprint density at radius 1 is 2.40 bits per heavy atom. The lowest BCUT2D eigenvalue weighted by Crippen LogP contribution is -1.14. The molecule has 0 aliphatic rings. The average Bonchev–Trinajstić information content (AvgIpc) is 1.35. The van der Waals surface area contributed by atoms with Crippen molar-refractivity contribution in [1.82, 2.24) is 0 Å². The second kappa shape index (κ2) is 4.75. The molecule has 1 unspecified atom stereocenters. The van der Waals surface area contributed by atoms with Gasteiger partial charge in [-0.1, -0.05) is 8.21 Å². The molecule has 0 aliphatic carbocycles. The van der Waals surface area contributed by atoms with Crippen LogP contribution in [0.3, 0.4) is 0 Å². The Morgan fingerprint density at radius 3 is 3.00 bits per heavy atom. The fraction of sp³-hybridized carbons (Fsp3) is 1.00. The van der Waals surface area contributed by atoms with Gasteiger partial charge < -0.3 is 0 Å². The topological polar surface area (TPSA) is 17.1 Å². The Balaban J connectivity index is 3.29. The molecular formula is CH4OP2S. The van der Waals surface area contributed by atoms with Crippen LogP contribution in [0.2, 0.25) is 0 Å². The van der Waals surface area contributed by atoms with Crippen LogP contribution < -0.4 is 0 Å². The van der Waals surface area contributed by atoms with E-state index >= 15 is 0 Å². The fourth-order valence-corrected chi connectivity index (χ4v) is 0.900. The van der Waals surface area contributed by atoms with E-state index in [1.54, 1.807) is 6.66 Å². The minimum atomic E-state index is -0.728. The van der Waals surface area contributed by atoms with Gasteiger partial charge in [0, 0.05) is 7.04 Å². The molecule has 0 N–H and O–H groups in total. The molecule has 0 saturated heterocycles. The molecular weight excluding hydrogens is 122 g/mol. The van der Waals surface area contributed by atoms with Crippen LogP contribution in [0.15, 0.2) is 0 Å². The summed E-state index contributed by atoms with van der Waals surface area (Å²) in [6.07, 6.45) is 0. The Bertz CT molecular complexity index is 77.6. The third-order valence-electron chi connectivity index (χ3n) is 0.115. The van der Waals surface area contributed by atoms with Crippen molar-refractivity contribution in [3.05, 3.63) is 0 Å². The van der Waals surface area contributed by atoms with E-state index in [4.69, 9.17) is 1.28 Å². The molecule has 0 rings (SSSR count). The average molecular weight is 128 g/mol. The molecule has 1 atom stereocenters. The van der Waals surface area contributed by atoms with E-state index in [2.05, 4.69) is 0 Å². The van der Waals surface area contributed by atoms with Gasteiger partial charge >= 0.3 is 0 Å². The lowest BCUT2D eigenvalue weighted by molar-refractivity contribution is 0.701. The highest BCUT2D eigenvalue weighted by Crippen LogP contribution is 2.20. The molecule has 0 saturated carbocycles. The molecule has 0 aromatic heterocycles. The van der Waals surface area contributed by atoms with E-state index < -0.39 is 8.21 Å². The second-order valence-corrected chi connectivity index (χ2v) is 4.68. The SMILES string of the molecule is [3H]P(C)P=S=O. The van der Waals surface area contributed by atoms with E-state index in [0.29, 0.717) is 17.9 Å². The predicted octanol–water partition coefficient (Wildman–Crippen LogP) is 1.28. The smallest absolute Gasteiger partial charge is 0.118 e. The molecule has 1 nitrogen and oxygen atoms in total. The normalized spacial score (nSPS) is 17.4. The monoisotopic (exact) mass is 128 g/mol. The van der Waals surface area contributed by atoms with Crippen molar-refractivity contribution in [2.75, 3.05) is 6.66 Å². The number of hydrogen-bond acceptors (Lipinski definition) is 1. The van der Waals surface area contributed by atoms with Gasteiger partial charge in [0.25, 0.3) is 0 Å². The van der Waals surface area contributed by atoms with Gasteiger partial charge in [-0.3, -0.25) is 0 Å². The number of hydrogen-bond donors (Lipinski definition) is 0. The van der Waals surface area contributed by atoms with Crippen molar-refractivity contribution < 1.29 is 4.21 Å². The number of rotatable bonds is 1. The summed E-state index contributed by atoms with van der Waals surface area (Å²) in [6.45, 7) is 1.75. The summed E-state index contributed by atoms with van der Waals surface area (Å²) in [6, 6.07) is 0. The molecule has 0 aliphatic heterocycles. The third-order valence-corrected chi connectivity index (χ3v) is 3.10. The van der Waals surface area contributed by atoms with Crippen molar-refractivity contribution in [3.63, 3.8) is 0 Å². The minimum absolute atomic E-state index is 0.473. The zero-order valence-electron chi connectivity index (χ0n) is 3.71. The molecule has 0 radical (unpaired) electrons. The van der Waals surface area contributed by atoms with Gasteiger partial charge in [0.2, 0.25) is 0 Å². The van der Waals surface area contributed by atoms with Crippen molar-refractivity contribution in [2.24, 2.45) is 0 Å². The summed E-state index contributed by atoms with van der Waals surface area (Å²) in [5.74, 6) is 0. The highest BCUT2D eigenvalue weighted by Gasteiger charge is 1.53. The van der Waals surface area contributed by atoms with E-state index in [-0.39, 0.29) is 0 Å². The van der Waals surface area contributed by atoms with Crippen molar-refractivity contribution in [3.8, 4) is 0 Å². The summed E-state index contributed by atoms with van der Waals surface area (Å²) in [5.41, 5.74) is 0.